The molecular formula is C18H14BrMgN. The van der Waals surface area contributed by atoms with Crippen LogP contribution in [0.1, 0.15) is 0 Å². The van der Waals surface area contributed by atoms with Gasteiger partial charge >= 0.3 is 23.1 Å². The molecule has 0 aliphatic heterocycles. The molecule has 0 unspecified atom stereocenters. The van der Waals surface area contributed by atoms with E-state index in [1.807, 2.05) is 54.6 Å². The van der Waals surface area contributed by atoms with E-state index in [0.717, 1.165) is 17.1 Å². The minimum atomic E-state index is 0. The molecule has 0 heterocycles. The summed E-state index contributed by atoms with van der Waals surface area (Å²) in [6.45, 7) is 0. The van der Waals surface area contributed by atoms with E-state index in [1.165, 1.54) is 0 Å². The molecule has 0 bridgehead atoms. The van der Waals surface area contributed by atoms with E-state index in [0.29, 0.717) is 0 Å². The monoisotopic (exact) mass is 347 g/mol. The molecule has 3 aromatic carbocycles. The van der Waals surface area contributed by atoms with Crippen molar-refractivity contribution in [3.63, 3.8) is 0 Å². The van der Waals surface area contributed by atoms with Gasteiger partial charge in [-0.3, -0.25) is 0 Å². The average molecular weight is 349 g/mol. The fraction of sp³-hybridized carbons (Fsp3) is 0. The van der Waals surface area contributed by atoms with Gasteiger partial charge in [-0.25, -0.2) is 0 Å². The van der Waals surface area contributed by atoms with Crippen LogP contribution in [0.3, 0.4) is 0 Å². The van der Waals surface area contributed by atoms with Crippen LogP contribution in [-0.4, -0.2) is 23.1 Å². The minimum absolute atomic E-state index is 0. The van der Waals surface area contributed by atoms with Crippen LogP contribution in [-0.2, 0) is 0 Å². The van der Waals surface area contributed by atoms with Gasteiger partial charge in [0.05, 0.1) is 0 Å². The molecule has 0 fully saturated rings. The first-order valence-electron chi connectivity index (χ1n) is 6.32. The van der Waals surface area contributed by atoms with E-state index in [-0.39, 0.29) is 40.0 Å². The molecule has 0 aromatic heterocycles. The van der Waals surface area contributed by atoms with E-state index < -0.39 is 0 Å². The van der Waals surface area contributed by atoms with Crippen LogP contribution in [0.25, 0.3) is 0 Å². The molecule has 0 spiro atoms. The third kappa shape index (κ3) is 4.33. The van der Waals surface area contributed by atoms with Gasteiger partial charge in [0.15, 0.2) is 0 Å². The number of benzene rings is 3. The summed E-state index contributed by atoms with van der Waals surface area (Å²) in [5, 5.41) is 0. The summed E-state index contributed by atoms with van der Waals surface area (Å²) in [5.41, 5.74) is 3.31. The first-order valence-corrected chi connectivity index (χ1v) is 6.32. The molecule has 100 valence electrons. The van der Waals surface area contributed by atoms with Crippen LogP contribution >= 0.6 is 0 Å². The quantitative estimate of drug-likeness (QED) is 0.513. The van der Waals surface area contributed by atoms with Crippen molar-refractivity contribution < 1.29 is 17.0 Å². The summed E-state index contributed by atoms with van der Waals surface area (Å²) >= 11 is 0. The second-order valence-electron chi connectivity index (χ2n) is 4.25. The SMILES string of the molecule is [Br-].[Mg+2].[c-]1ccccc1N(c1ccccc1)c1ccccc1. The third-order valence-corrected chi connectivity index (χ3v) is 2.96. The molecule has 0 aliphatic rings. The summed E-state index contributed by atoms with van der Waals surface area (Å²) < 4.78 is 0. The molecule has 1 nitrogen and oxygen atoms in total. The van der Waals surface area contributed by atoms with Crippen molar-refractivity contribution >= 4 is 40.1 Å². The molecule has 21 heavy (non-hydrogen) atoms. The Morgan fingerprint density at radius 2 is 1.10 bits per heavy atom. The Balaban J connectivity index is 0.00000110. The number of hydrogen-bond donors (Lipinski definition) is 0. The van der Waals surface area contributed by atoms with E-state index in [1.54, 1.807) is 0 Å². The van der Waals surface area contributed by atoms with Crippen LogP contribution < -0.4 is 21.9 Å². The Kier molecular flexibility index (Phi) is 7.50. The molecule has 0 amide bonds. The van der Waals surface area contributed by atoms with Crippen molar-refractivity contribution in [2.75, 3.05) is 4.90 Å². The van der Waals surface area contributed by atoms with Crippen LogP contribution in [0.5, 0.6) is 0 Å². The molecule has 0 saturated heterocycles. The van der Waals surface area contributed by atoms with Gasteiger partial charge in [0.25, 0.3) is 0 Å². The molecule has 0 aliphatic carbocycles. The molecule has 0 saturated carbocycles. The number of nitrogens with zero attached hydrogens (tertiary/aromatic N) is 1. The first kappa shape index (κ1) is 17.8. The van der Waals surface area contributed by atoms with Gasteiger partial charge < -0.3 is 21.9 Å². The normalized spacial score (nSPS) is 9.14. The summed E-state index contributed by atoms with van der Waals surface area (Å²) in [7, 11) is 0. The van der Waals surface area contributed by atoms with Gasteiger partial charge in [-0.2, -0.15) is 24.3 Å². The van der Waals surface area contributed by atoms with Crippen molar-refractivity contribution in [2.24, 2.45) is 0 Å². The molecule has 3 rings (SSSR count). The Morgan fingerprint density at radius 1 is 0.619 bits per heavy atom. The average Bonchev–Trinajstić information content (AvgIpc) is 2.51. The third-order valence-electron chi connectivity index (χ3n) is 2.96. The number of rotatable bonds is 3. The zero-order valence-electron chi connectivity index (χ0n) is 11.6. The maximum absolute atomic E-state index is 3.29. The maximum Gasteiger partial charge on any atom is 2.00 e. The van der Waals surface area contributed by atoms with E-state index in [9.17, 15) is 0 Å². The molecular weight excluding hydrogens is 334 g/mol. The van der Waals surface area contributed by atoms with Crippen molar-refractivity contribution in [1.82, 2.24) is 0 Å². The fourth-order valence-corrected chi connectivity index (χ4v) is 2.10. The van der Waals surface area contributed by atoms with Crippen molar-refractivity contribution in [1.29, 1.82) is 0 Å². The summed E-state index contributed by atoms with van der Waals surface area (Å²) in [5.74, 6) is 0. The largest absolute Gasteiger partial charge is 2.00 e. The number of hydrogen-bond acceptors (Lipinski definition) is 1. The smallest absolute Gasteiger partial charge is 1.00 e. The standard InChI is InChI=1S/C18H14N.BrH.Mg/c1-4-10-16(11-5-1)19(17-12-6-2-7-13-17)18-14-8-3-9-15-18;;/h1-14H;1H;/q-1;;+2/p-1. The molecule has 3 heteroatoms. The van der Waals surface area contributed by atoms with Gasteiger partial charge in [-0.05, 0) is 24.3 Å². The van der Waals surface area contributed by atoms with E-state index >= 15 is 0 Å². The molecule has 0 radical (unpaired) electrons. The summed E-state index contributed by atoms with van der Waals surface area (Å²) in [6.07, 6.45) is 0. The van der Waals surface area contributed by atoms with Crippen LogP contribution in [0.15, 0.2) is 84.9 Å². The second-order valence-corrected chi connectivity index (χ2v) is 4.25. The van der Waals surface area contributed by atoms with Crippen LogP contribution in [0, 0.1) is 6.07 Å². The van der Waals surface area contributed by atoms with Crippen molar-refractivity contribution in [3.05, 3.63) is 91.0 Å². The van der Waals surface area contributed by atoms with Crippen molar-refractivity contribution in [2.45, 2.75) is 0 Å². The zero-order valence-corrected chi connectivity index (χ0v) is 14.6. The number of anilines is 3. The number of halogens is 1. The van der Waals surface area contributed by atoms with Crippen LogP contribution in [0.2, 0.25) is 0 Å². The Labute approximate surface area is 152 Å². The van der Waals surface area contributed by atoms with Crippen molar-refractivity contribution in [3.8, 4) is 0 Å². The Bertz CT molecular complexity index is 535. The number of para-hydroxylation sites is 3. The van der Waals surface area contributed by atoms with E-state index in [2.05, 4.69) is 41.3 Å². The van der Waals surface area contributed by atoms with Gasteiger partial charge in [0, 0.05) is 11.4 Å². The van der Waals surface area contributed by atoms with Gasteiger partial charge in [-0.15, -0.1) is 6.07 Å². The minimum Gasteiger partial charge on any atom is -1.00 e. The summed E-state index contributed by atoms with van der Waals surface area (Å²) in [6, 6.07) is 32.0. The van der Waals surface area contributed by atoms with Crippen LogP contribution in [0.4, 0.5) is 17.1 Å². The molecule has 0 atom stereocenters. The van der Waals surface area contributed by atoms with E-state index in [4.69, 9.17) is 0 Å². The predicted molar refractivity (Wildman–Crippen MR) is 85.7 cm³/mol. The fourth-order valence-electron chi connectivity index (χ4n) is 2.10. The van der Waals surface area contributed by atoms with Gasteiger partial charge in [0.2, 0.25) is 0 Å². The Morgan fingerprint density at radius 3 is 1.52 bits per heavy atom. The summed E-state index contributed by atoms with van der Waals surface area (Å²) in [4.78, 5) is 2.19. The predicted octanol–water partition coefficient (Wildman–Crippen LogP) is 1.58. The second kappa shape index (κ2) is 8.87. The van der Waals surface area contributed by atoms with Gasteiger partial charge in [0.1, 0.15) is 0 Å². The Hall–Kier alpha value is -1.29. The topological polar surface area (TPSA) is 3.24 Å². The zero-order chi connectivity index (χ0) is 12.9. The molecule has 3 aromatic rings. The maximum atomic E-state index is 3.29. The first-order chi connectivity index (χ1) is 9.45. The van der Waals surface area contributed by atoms with Gasteiger partial charge in [-0.1, -0.05) is 42.1 Å². The molecule has 0 N–H and O–H groups in total.